The number of nitrogens with zero attached hydrogens (tertiary/aromatic N) is 1. The smallest absolute Gasteiger partial charge is 0.309 e. The first-order valence-corrected chi connectivity index (χ1v) is 11.4. The molecule has 1 aromatic heterocycles. The molecular formula is C21H20NOS3+. The van der Waals surface area contributed by atoms with E-state index in [9.17, 15) is 4.79 Å². The first-order valence-electron chi connectivity index (χ1n) is 8.48. The van der Waals surface area contributed by atoms with Gasteiger partial charge in [-0.05, 0) is 32.9 Å². The number of thioether (sulfide) groups is 1. The highest BCUT2D eigenvalue weighted by Gasteiger charge is 2.43. The number of rotatable bonds is 2. The fourth-order valence-corrected chi connectivity index (χ4v) is 7.80. The Morgan fingerprint density at radius 1 is 1.15 bits per heavy atom. The highest BCUT2D eigenvalue weighted by atomic mass is 32.9. The Morgan fingerprint density at radius 2 is 1.88 bits per heavy atom. The highest BCUT2D eigenvalue weighted by molar-refractivity contribution is 8.16. The van der Waals surface area contributed by atoms with Crippen LogP contribution in [0.5, 0.6) is 0 Å². The van der Waals surface area contributed by atoms with E-state index in [1.54, 1.807) is 20.7 Å². The number of carbonyl (C=O) groups is 1. The third kappa shape index (κ3) is 2.79. The van der Waals surface area contributed by atoms with E-state index in [1.165, 1.54) is 39.0 Å². The van der Waals surface area contributed by atoms with Crippen LogP contribution in [0.1, 0.15) is 34.6 Å². The van der Waals surface area contributed by atoms with Gasteiger partial charge in [0.25, 0.3) is 4.21 Å². The predicted molar refractivity (Wildman–Crippen MR) is 115 cm³/mol. The second-order valence-electron chi connectivity index (χ2n) is 7.05. The molecule has 0 fully saturated rings. The Bertz CT molecular complexity index is 992. The third-order valence-corrected chi connectivity index (χ3v) is 9.19. The van der Waals surface area contributed by atoms with Gasteiger partial charge in [-0.2, -0.15) is 0 Å². The molecule has 2 aromatic carbocycles. The number of fused-ring (bicyclic) bond motifs is 3. The molecule has 0 atom stereocenters. The van der Waals surface area contributed by atoms with E-state index in [0.29, 0.717) is 0 Å². The monoisotopic (exact) mass is 398 g/mol. The van der Waals surface area contributed by atoms with Crippen LogP contribution in [0, 0.1) is 6.92 Å². The van der Waals surface area contributed by atoms with Crippen molar-refractivity contribution in [1.29, 1.82) is 0 Å². The number of anilines is 1. The summed E-state index contributed by atoms with van der Waals surface area (Å²) in [4.78, 5) is 16.5. The molecule has 2 nitrogen and oxygen atoms in total. The maximum atomic E-state index is 12.8. The van der Waals surface area contributed by atoms with E-state index in [1.807, 2.05) is 30.3 Å². The fourth-order valence-electron chi connectivity index (χ4n) is 3.28. The molecule has 0 N–H and O–H groups in total. The molecule has 5 heteroatoms. The van der Waals surface area contributed by atoms with Crippen molar-refractivity contribution in [3.63, 3.8) is 0 Å². The molecule has 1 aliphatic rings. The molecule has 3 aromatic rings. The summed E-state index contributed by atoms with van der Waals surface area (Å²) in [5.74, 6) is 0. The molecule has 0 saturated heterocycles. The van der Waals surface area contributed by atoms with Gasteiger partial charge in [-0.3, -0.25) is 4.79 Å². The van der Waals surface area contributed by atoms with Crippen molar-refractivity contribution in [2.45, 2.75) is 30.5 Å². The summed E-state index contributed by atoms with van der Waals surface area (Å²) in [5.41, 5.74) is 5.62. The predicted octanol–water partition coefficient (Wildman–Crippen LogP) is 6.68. The summed E-state index contributed by atoms with van der Waals surface area (Å²) >= 11 is 1.36. The van der Waals surface area contributed by atoms with Crippen molar-refractivity contribution in [3.05, 3.63) is 64.5 Å². The molecule has 26 heavy (non-hydrogen) atoms. The van der Waals surface area contributed by atoms with Crippen molar-refractivity contribution in [2.75, 3.05) is 11.9 Å². The average Bonchev–Trinajstić information content (AvgIpc) is 3.05. The Labute approximate surface area is 165 Å². The molecule has 1 aliphatic heterocycles. The number of carbonyl (C=O) groups excluding carboxylic acids is 1. The van der Waals surface area contributed by atoms with E-state index >= 15 is 0 Å². The minimum Gasteiger partial charge on any atom is -0.364 e. The lowest BCUT2D eigenvalue weighted by atomic mass is 9.87. The van der Waals surface area contributed by atoms with Crippen LogP contribution in [0.2, 0.25) is 0 Å². The molecule has 0 spiro atoms. The Balaban J connectivity index is 1.83. The van der Waals surface area contributed by atoms with E-state index in [0.717, 1.165) is 9.77 Å². The number of aryl methyl sites for hydroxylation is 1. The summed E-state index contributed by atoms with van der Waals surface area (Å²) in [6.07, 6.45) is 0. The van der Waals surface area contributed by atoms with Crippen molar-refractivity contribution < 1.29 is 4.79 Å². The van der Waals surface area contributed by atoms with Gasteiger partial charge in [0, 0.05) is 35.6 Å². The van der Waals surface area contributed by atoms with Gasteiger partial charge >= 0.3 is 10.3 Å². The normalized spacial score (nSPS) is 14.7. The minimum absolute atomic E-state index is 0.0899. The van der Waals surface area contributed by atoms with Crippen LogP contribution in [0.25, 0.3) is 11.1 Å². The Kier molecular flexibility index (Phi) is 4.41. The zero-order chi connectivity index (χ0) is 18.5. The van der Waals surface area contributed by atoms with Crippen LogP contribution in [0.3, 0.4) is 0 Å². The van der Waals surface area contributed by atoms with Crippen LogP contribution < -0.4 is 4.90 Å². The summed E-state index contributed by atoms with van der Waals surface area (Å²) < 4.78 is 1.10. The summed E-state index contributed by atoms with van der Waals surface area (Å²) in [6.45, 7) is 6.63. The largest absolute Gasteiger partial charge is 0.364 e. The van der Waals surface area contributed by atoms with Gasteiger partial charge in [0.2, 0.25) is 5.12 Å². The molecule has 2 heterocycles. The highest BCUT2D eigenvalue weighted by Crippen LogP contribution is 2.55. The maximum Gasteiger partial charge on any atom is 0.309 e. The third-order valence-electron chi connectivity index (χ3n) is 5.00. The van der Waals surface area contributed by atoms with Gasteiger partial charge in [-0.15, -0.1) is 0 Å². The van der Waals surface area contributed by atoms with Crippen LogP contribution in [-0.2, 0) is 5.54 Å². The van der Waals surface area contributed by atoms with Crippen LogP contribution in [0.4, 0.5) is 5.69 Å². The molecule has 0 aliphatic carbocycles. The van der Waals surface area contributed by atoms with Gasteiger partial charge in [0.05, 0.1) is 11.1 Å². The quantitative estimate of drug-likeness (QED) is 0.273. The summed E-state index contributed by atoms with van der Waals surface area (Å²) in [6, 6.07) is 16.1. The first kappa shape index (κ1) is 17.7. The number of benzene rings is 2. The topological polar surface area (TPSA) is 20.3 Å². The van der Waals surface area contributed by atoms with Crippen molar-refractivity contribution in [1.82, 2.24) is 0 Å². The van der Waals surface area contributed by atoms with Crippen LogP contribution in [-0.4, -0.2) is 12.2 Å². The Morgan fingerprint density at radius 3 is 2.62 bits per heavy atom. The molecule has 0 unspecified atom stereocenters. The van der Waals surface area contributed by atoms with Gasteiger partial charge in [-0.1, -0.05) is 42.0 Å². The second-order valence-corrected chi connectivity index (χ2v) is 10.4. The SMILES string of the molecule is Cc1ccc2c(c1)-c1c(s[s+]c1SC(=O)c1ccccc1)C(C)(C)N2C. The standard InChI is InChI=1S/C21H20NOS3/c1-13-10-11-16-15(12-13)17-18(21(2,3)22(16)4)25-26-20(17)24-19(23)14-8-6-5-7-9-14/h5-12H,1-4H3/q+1. The van der Waals surface area contributed by atoms with Crippen molar-refractivity contribution in [2.24, 2.45) is 0 Å². The molecule has 0 amide bonds. The first-order chi connectivity index (χ1) is 12.4. The number of hydrogen-bond donors (Lipinski definition) is 0. The maximum absolute atomic E-state index is 12.8. The van der Waals surface area contributed by atoms with Crippen molar-refractivity contribution in [3.8, 4) is 11.1 Å². The second kappa shape index (κ2) is 6.48. The van der Waals surface area contributed by atoms with Gasteiger partial charge < -0.3 is 4.90 Å². The number of hydrogen-bond acceptors (Lipinski definition) is 4. The molecule has 0 bridgehead atoms. The summed E-state index contributed by atoms with van der Waals surface area (Å²) in [5, 5.41) is 0.105. The van der Waals surface area contributed by atoms with E-state index in [-0.39, 0.29) is 10.7 Å². The molecule has 132 valence electrons. The fraction of sp³-hybridized carbons (Fsp3) is 0.238. The zero-order valence-corrected chi connectivity index (χ0v) is 17.6. The lowest BCUT2D eigenvalue weighted by Crippen LogP contribution is -2.40. The van der Waals surface area contributed by atoms with Gasteiger partial charge in [0.15, 0.2) is 10.3 Å². The Hall–Kier alpha value is -1.69. The van der Waals surface area contributed by atoms with Crippen LogP contribution >= 0.6 is 32.4 Å². The van der Waals surface area contributed by atoms with Crippen molar-refractivity contribution >= 4 is 43.2 Å². The lowest BCUT2D eigenvalue weighted by molar-refractivity contribution is 0.108. The van der Waals surface area contributed by atoms with E-state index in [4.69, 9.17) is 0 Å². The molecule has 4 rings (SSSR count). The molecule has 0 radical (unpaired) electrons. The molecular weight excluding hydrogens is 378 g/mol. The minimum atomic E-state index is -0.0899. The molecule has 0 saturated carbocycles. The van der Waals surface area contributed by atoms with Gasteiger partial charge in [0.1, 0.15) is 4.88 Å². The summed E-state index contributed by atoms with van der Waals surface area (Å²) in [7, 11) is 5.67. The average molecular weight is 399 g/mol. The van der Waals surface area contributed by atoms with E-state index in [2.05, 4.69) is 50.9 Å². The van der Waals surface area contributed by atoms with Gasteiger partial charge in [-0.25, -0.2) is 0 Å². The van der Waals surface area contributed by atoms with E-state index < -0.39 is 0 Å². The van der Waals surface area contributed by atoms with Crippen LogP contribution in [0.15, 0.2) is 52.7 Å². The zero-order valence-electron chi connectivity index (χ0n) is 15.2. The lowest BCUT2D eigenvalue weighted by Gasteiger charge is -2.41.